The molecule has 0 spiro atoms. The Morgan fingerprint density at radius 2 is 1.63 bits per heavy atom. The van der Waals surface area contributed by atoms with E-state index in [1.165, 1.54) is 0 Å². The molecular formula is C21H13BrCl2N2S. The number of halogens is 3. The lowest BCUT2D eigenvalue weighted by molar-refractivity contribution is 1.01. The van der Waals surface area contributed by atoms with Crippen molar-refractivity contribution in [3.8, 4) is 16.9 Å². The van der Waals surface area contributed by atoms with E-state index in [1.54, 1.807) is 29.5 Å². The molecule has 0 atom stereocenters. The zero-order valence-corrected chi connectivity index (χ0v) is 17.9. The van der Waals surface area contributed by atoms with Crippen molar-refractivity contribution in [2.24, 2.45) is 4.99 Å². The van der Waals surface area contributed by atoms with E-state index in [0.717, 1.165) is 26.2 Å². The lowest BCUT2D eigenvalue weighted by Gasteiger charge is -2.09. The van der Waals surface area contributed by atoms with E-state index >= 15 is 0 Å². The highest BCUT2D eigenvalue weighted by Crippen LogP contribution is 2.29. The van der Waals surface area contributed by atoms with Crippen molar-refractivity contribution in [1.82, 2.24) is 4.57 Å². The molecule has 134 valence electrons. The Morgan fingerprint density at radius 1 is 0.889 bits per heavy atom. The van der Waals surface area contributed by atoms with Crippen LogP contribution in [0.5, 0.6) is 0 Å². The standard InChI is InChI=1S/C21H13BrCl2N2S/c22-15-8-6-14(7-9-15)20-13-27-21(26(20)17-4-2-1-3-5-17)25-19-12-16(23)10-11-18(19)24/h1-13H. The summed E-state index contributed by atoms with van der Waals surface area (Å²) >= 11 is 17.5. The predicted octanol–water partition coefficient (Wildman–Crippen LogP) is 7.51. The summed E-state index contributed by atoms with van der Waals surface area (Å²) in [5.74, 6) is 0. The lowest BCUT2D eigenvalue weighted by atomic mass is 10.1. The largest absolute Gasteiger partial charge is 0.285 e. The molecule has 6 heteroatoms. The number of benzene rings is 3. The van der Waals surface area contributed by atoms with Gasteiger partial charge in [0.15, 0.2) is 4.80 Å². The average molecular weight is 476 g/mol. The van der Waals surface area contributed by atoms with Crippen LogP contribution < -0.4 is 4.80 Å². The van der Waals surface area contributed by atoms with Gasteiger partial charge >= 0.3 is 0 Å². The van der Waals surface area contributed by atoms with Crippen LogP contribution >= 0.6 is 50.5 Å². The second-order valence-electron chi connectivity index (χ2n) is 5.79. The van der Waals surface area contributed by atoms with Crippen molar-refractivity contribution in [1.29, 1.82) is 0 Å². The molecule has 0 aliphatic rings. The van der Waals surface area contributed by atoms with Gasteiger partial charge in [-0.15, -0.1) is 11.3 Å². The molecule has 4 aromatic rings. The zero-order valence-electron chi connectivity index (χ0n) is 13.9. The van der Waals surface area contributed by atoms with Crippen LogP contribution in [0.1, 0.15) is 0 Å². The van der Waals surface area contributed by atoms with Crippen LogP contribution in [0.3, 0.4) is 0 Å². The van der Waals surface area contributed by atoms with E-state index in [0.29, 0.717) is 15.7 Å². The van der Waals surface area contributed by atoms with E-state index in [2.05, 4.69) is 50.1 Å². The first-order chi connectivity index (χ1) is 13.1. The maximum absolute atomic E-state index is 6.32. The number of thiazole rings is 1. The molecule has 0 fully saturated rings. The Balaban J connectivity index is 1.97. The van der Waals surface area contributed by atoms with E-state index in [-0.39, 0.29) is 0 Å². The van der Waals surface area contributed by atoms with Crippen LogP contribution in [0, 0.1) is 0 Å². The normalized spacial score (nSPS) is 11.7. The molecule has 27 heavy (non-hydrogen) atoms. The van der Waals surface area contributed by atoms with Crippen LogP contribution in [-0.2, 0) is 0 Å². The number of para-hydroxylation sites is 1. The molecule has 0 amide bonds. The van der Waals surface area contributed by atoms with Crippen LogP contribution in [0.2, 0.25) is 10.0 Å². The van der Waals surface area contributed by atoms with Gasteiger partial charge in [-0.05, 0) is 48.0 Å². The Bertz CT molecular complexity index is 1150. The van der Waals surface area contributed by atoms with E-state index in [1.807, 2.05) is 30.3 Å². The smallest absolute Gasteiger partial charge is 0.195 e. The molecule has 1 aromatic heterocycles. The zero-order chi connectivity index (χ0) is 18.8. The molecule has 0 radical (unpaired) electrons. The van der Waals surface area contributed by atoms with Crippen LogP contribution in [0.4, 0.5) is 5.69 Å². The third kappa shape index (κ3) is 4.04. The summed E-state index contributed by atoms with van der Waals surface area (Å²) in [5, 5.41) is 3.28. The molecule has 0 unspecified atom stereocenters. The number of hydrogen-bond donors (Lipinski definition) is 0. The fraction of sp³-hybridized carbons (Fsp3) is 0. The highest BCUT2D eigenvalue weighted by Gasteiger charge is 2.11. The SMILES string of the molecule is Clc1ccc(Cl)c(N=c2scc(-c3ccc(Br)cc3)n2-c2ccccc2)c1. The van der Waals surface area contributed by atoms with Crippen molar-refractivity contribution in [2.75, 3.05) is 0 Å². The Labute approximate surface area is 179 Å². The second kappa shape index (κ2) is 8.03. The molecule has 0 bridgehead atoms. The number of hydrogen-bond acceptors (Lipinski definition) is 2. The minimum absolute atomic E-state index is 0.567. The maximum atomic E-state index is 6.32. The molecule has 4 rings (SSSR count). The first kappa shape index (κ1) is 18.5. The first-order valence-electron chi connectivity index (χ1n) is 8.13. The summed E-state index contributed by atoms with van der Waals surface area (Å²) < 4.78 is 3.17. The van der Waals surface area contributed by atoms with Gasteiger partial charge in [-0.3, -0.25) is 4.57 Å². The molecular weight excluding hydrogens is 463 g/mol. The fourth-order valence-electron chi connectivity index (χ4n) is 2.71. The van der Waals surface area contributed by atoms with Gasteiger partial charge in [0.2, 0.25) is 0 Å². The topological polar surface area (TPSA) is 17.3 Å². The number of nitrogens with zero attached hydrogens (tertiary/aromatic N) is 2. The lowest BCUT2D eigenvalue weighted by Crippen LogP contribution is -2.13. The molecule has 0 saturated heterocycles. The summed E-state index contributed by atoms with van der Waals surface area (Å²) in [6, 6.07) is 23.7. The van der Waals surface area contributed by atoms with Gasteiger partial charge in [0, 0.05) is 20.6 Å². The maximum Gasteiger partial charge on any atom is 0.195 e. The van der Waals surface area contributed by atoms with Gasteiger partial charge in [0.1, 0.15) is 0 Å². The van der Waals surface area contributed by atoms with Gasteiger partial charge in [-0.25, -0.2) is 4.99 Å². The van der Waals surface area contributed by atoms with Gasteiger partial charge in [0.25, 0.3) is 0 Å². The highest BCUT2D eigenvalue weighted by atomic mass is 79.9. The third-order valence-electron chi connectivity index (χ3n) is 3.99. The van der Waals surface area contributed by atoms with Gasteiger partial charge in [-0.2, -0.15) is 0 Å². The van der Waals surface area contributed by atoms with E-state index < -0.39 is 0 Å². The molecule has 0 saturated carbocycles. The number of rotatable bonds is 3. The minimum Gasteiger partial charge on any atom is -0.285 e. The monoisotopic (exact) mass is 474 g/mol. The van der Waals surface area contributed by atoms with Crippen molar-refractivity contribution < 1.29 is 0 Å². The predicted molar refractivity (Wildman–Crippen MR) is 118 cm³/mol. The number of aromatic nitrogens is 1. The summed E-state index contributed by atoms with van der Waals surface area (Å²) in [7, 11) is 0. The summed E-state index contributed by atoms with van der Waals surface area (Å²) in [5.41, 5.74) is 3.86. The summed E-state index contributed by atoms with van der Waals surface area (Å²) in [4.78, 5) is 5.62. The van der Waals surface area contributed by atoms with E-state index in [4.69, 9.17) is 28.2 Å². The Morgan fingerprint density at radius 3 is 2.37 bits per heavy atom. The quantitative estimate of drug-likeness (QED) is 0.291. The van der Waals surface area contributed by atoms with Crippen molar-refractivity contribution in [3.05, 3.63) is 97.5 Å². The summed E-state index contributed by atoms with van der Waals surface area (Å²) in [6.45, 7) is 0. The first-order valence-corrected chi connectivity index (χ1v) is 10.6. The van der Waals surface area contributed by atoms with Gasteiger partial charge in [0.05, 0.1) is 16.4 Å². The highest BCUT2D eigenvalue weighted by molar-refractivity contribution is 9.10. The van der Waals surface area contributed by atoms with Crippen LogP contribution in [0.25, 0.3) is 16.9 Å². The Hall–Kier alpha value is -1.85. The fourth-order valence-corrected chi connectivity index (χ4v) is 4.22. The van der Waals surface area contributed by atoms with Gasteiger partial charge in [-0.1, -0.05) is 69.5 Å². The molecule has 3 aromatic carbocycles. The molecule has 1 heterocycles. The third-order valence-corrected chi connectivity index (χ3v) is 5.90. The average Bonchev–Trinajstić information content (AvgIpc) is 3.09. The minimum atomic E-state index is 0.567. The molecule has 2 nitrogen and oxygen atoms in total. The molecule has 0 aliphatic carbocycles. The van der Waals surface area contributed by atoms with Crippen molar-refractivity contribution in [2.45, 2.75) is 0 Å². The Kier molecular flexibility index (Phi) is 5.50. The molecule has 0 N–H and O–H groups in total. The van der Waals surface area contributed by atoms with Crippen molar-refractivity contribution in [3.63, 3.8) is 0 Å². The molecule has 0 aliphatic heterocycles. The second-order valence-corrected chi connectivity index (χ2v) is 8.38. The van der Waals surface area contributed by atoms with Gasteiger partial charge < -0.3 is 0 Å². The van der Waals surface area contributed by atoms with Crippen molar-refractivity contribution >= 4 is 56.2 Å². The summed E-state index contributed by atoms with van der Waals surface area (Å²) in [6.07, 6.45) is 0. The van der Waals surface area contributed by atoms with Crippen LogP contribution in [0.15, 0.2) is 87.6 Å². The van der Waals surface area contributed by atoms with Crippen LogP contribution in [-0.4, -0.2) is 4.57 Å². The van der Waals surface area contributed by atoms with E-state index in [9.17, 15) is 0 Å².